The first kappa shape index (κ1) is 15.4. The molecule has 6 heteroatoms. The number of aryl methyl sites for hydroxylation is 1. The van der Waals surface area contributed by atoms with Gasteiger partial charge >= 0.3 is 6.09 Å². The fraction of sp³-hybridized carbons (Fsp3) is 0.462. The molecule has 1 heterocycles. The van der Waals surface area contributed by atoms with Crippen LogP contribution in [0, 0.1) is 6.92 Å². The quantitative estimate of drug-likeness (QED) is 0.863. The highest BCUT2D eigenvalue weighted by molar-refractivity contribution is 7.16. The topological polar surface area (TPSA) is 68.3 Å². The fourth-order valence-corrected chi connectivity index (χ4v) is 2.05. The molecule has 1 amide bonds. The van der Waals surface area contributed by atoms with Crippen molar-refractivity contribution in [3.8, 4) is 0 Å². The van der Waals surface area contributed by atoms with E-state index in [0.717, 1.165) is 10.6 Å². The number of anilines is 1. The minimum absolute atomic E-state index is 0.0329. The summed E-state index contributed by atoms with van der Waals surface area (Å²) in [6.45, 7) is 8.67. The first-order valence-electron chi connectivity index (χ1n) is 5.83. The smallest absolute Gasteiger partial charge is 0.413 e. The van der Waals surface area contributed by atoms with Crippen molar-refractivity contribution in [3.05, 3.63) is 16.6 Å². The number of ether oxygens (including phenoxy) is 1. The van der Waals surface area contributed by atoms with Crippen molar-refractivity contribution in [1.82, 2.24) is 4.98 Å². The molecule has 5 nitrogen and oxygen atoms in total. The Morgan fingerprint density at radius 1 is 1.37 bits per heavy atom. The molecule has 0 aliphatic carbocycles. The van der Waals surface area contributed by atoms with Crippen LogP contribution < -0.4 is 5.32 Å². The standard InChI is InChI=1S/C13H18N2O3S/c1-8(16)6-7-10-9(2)14-11(19-10)15-12(17)18-13(3,4)5/h6-7H,1-5H3,(H,14,15,17)/b7-6+. The molecule has 0 fully saturated rings. The van der Waals surface area contributed by atoms with Crippen LogP contribution in [-0.4, -0.2) is 22.5 Å². The Hall–Kier alpha value is -1.69. The molecular weight excluding hydrogens is 264 g/mol. The van der Waals surface area contributed by atoms with Gasteiger partial charge in [-0.3, -0.25) is 10.1 Å². The number of carbonyl (C=O) groups is 2. The second-order valence-corrected chi connectivity index (χ2v) is 6.07. The number of ketones is 1. The van der Waals surface area contributed by atoms with Crippen LogP contribution >= 0.6 is 11.3 Å². The number of allylic oxidation sites excluding steroid dienone is 1. The van der Waals surface area contributed by atoms with Crippen LogP contribution in [0.15, 0.2) is 6.08 Å². The number of amides is 1. The van der Waals surface area contributed by atoms with Crippen LogP contribution in [0.4, 0.5) is 9.93 Å². The Morgan fingerprint density at radius 3 is 2.53 bits per heavy atom. The summed E-state index contributed by atoms with van der Waals surface area (Å²) in [7, 11) is 0. The molecule has 0 aromatic carbocycles. The van der Waals surface area contributed by atoms with E-state index in [2.05, 4.69) is 10.3 Å². The number of rotatable bonds is 3. The second kappa shape index (κ2) is 5.97. The fourth-order valence-electron chi connectivity index (χ4n) is 1.20. The molecular formula is C13H18N2O3S. The summed E-state index contributed by atoms with van der Waals surface area (Å²) in [6.07, 6.45) is 2.62. The number of nitrogens with one attached hydrogen (secondary N) is 1. The van der Waals surface area contributed by atoms with E-state index in [4.69, 9.17) is 4.74 Å². The molecule has 0 atom stereocenters. The van der Waals surface area contributed by atoms with E-state index < -0.39 is 11.7 Å². The molecule has 1 aromatic rings. The van der Waals surface area contributed by atoms with E-state index >= 15 is 0 Å². The van der Waals surface area contributed by atoms with E-state index in [0.29, 0.717) is 5.13 Å². The van der Waals surface area contributed by atoms with Crippen LogP contribution in [0.2, 0.25) is 0 Å². The van der Waals surface area contributed by atoms with Gasteiger partial charge in [0.15, 0.2) is 10.9 Å². The maximum Gasteiger partial charge on any atom is 0.413 e. The van der Waals surface area contributed by atoms with E-state index in [1.807, 2.05) is 6.92 Å². The summed E-state index contributed by atoms with van der Waals surface area (Å²) < 4.78 is 5.13. The molecule has 0 bridgehead atoms. The molecule has 1 rings (SSSR count). The lowest BCUT2D eigenvalue weighted by Gasteiger charge is -2.18. The predicted octanol–water partition coefficient (Wildman–Crippen LogP) is 3.40. The molecule has 0 saturated heterocycles. The van der Waals surface area contributed by atoms with E-state index in [1.165, 1.54) is 24.3 Å². The lowest BCUT2D eigenvalue weighted by atomic mass is 10.2. The highest BCUT2D eigenvalue weighted by atomic mass is 32.1. The molecule has 1 N–H and O–H groups in total. The van der Waals surface area contributed by atoms with Crippen molar-refractivity contribution < 1.29 is 14.3 Å². The molecule has 0 unspecified atom stereocenters. The largest absolute Gasteiger partial charge is 0.444 e. The number of carbonyl (C=O) groups excluding carboxylic acids is 2. The maximum absolute atomic E-state index is 11.6. The zero-order valence-electron chi connectivity index (χ0n) is 11.7. The minimum Gasteiger partial charge on any atom is -0.444 e. The van der Waals surface area contributed by atoms with Gasteiger partial charge < -0.3 is 4.74 Å². The van der Waals surface area contributed by atoms with Crippen molar-refractivity contribution in [2.45, 2.75) is 40.2 Å². The highest BCUT2D eigenvalue weighted by Crippen LogP contribution is 2.24. The first-order chi connectivity index (χ1) is 8.67. The van der Waals surface area contributed by atoms with Gasteiger partial charge in [0.2, 0.25) is 0 Å². The summed E-state index contributed by atoms with van der Waals surface area (Å²) in [4.78, 5) is 27.5. The van der Waals surface area contributed by atoms with Gasteiger partial charge in [-0.2, -0.15) is 0 Å². The monoisotopic (exact) mass is 282 g/mol. The normalized spacial score (nSPS) is 11.6. The molecule has 0 aliphatic rings. The molecule has 0 radical (unpaired) electrons. The Labute approximate surface area is 116 Å². The molecule has 104 valence electrons. The van der Waals surface area contributed by atoms with Crippen molar-refractivity contribution in [1.29, 1.82) is 0 Å². The summed E-state index contributed by atoms with van der Waals surface area (Å²) in [6, 6.07) is 0. The van der Waals surface area contributed by atoms with Crippen molar-refractivity contribution in [2.24, 2.45) is 0 Å². The average Bonchev–Trinajstić information content (AvgIpc) is 2.52. The van der Waals surface area contributed by atoms with E-state index in [-0.39, 0.29) is 5.78 Å². The van der Waals surface area contributed by atoms with Crippen LogP contribution in [0.1, 0.15) is 38.3 Å². The number of hydrogen-bond donors (Lipinski definition) is 1. The summed E-state index contributed by atoms with van der Waals surface area (Å²) >= 11 is 1.29. The van der Waals surface area contributed by atoms with Crippen LogP contribution in [0.3, 0.4) is 0 Å². The lowest BCUT2D eigenvalue weighted by molar-refractivity contribution is -0.112. The number of thiazole rings is 1. The molecule has 0 spiro atoms. The number of aromatic nitrogens is 1. The Kier molecular flexibility index (Phi) is 4.83. The Bertz CT molecular complexity index is 512. The van der Waals surface area contributed by atoms with Gasteiger partial charge in [0, 0.05) is 0 Å². The SMILES string of the molecule is CC(=O)/C=C/c1sc(NC(=O)OC(C)(C)C)nc1C. The minimum atomic E-state index is -0.548. The number of nitrogens with zero attached hydrogens (tertiary/aromatic N) is 1. The summed E-state index contributed by atoms with van der Waals surface area (Å²) in [5, 5.41) is 3.03. The first-order valence-corrected chi connectivity index (χ1v) is 6.65. The van der Waals surface area contributed by atoms with Crippen LogP contribution in [0.25, 0.3) is 6.08 Å². The summed E-state index contributed by atoms with van der Waals surface area (Å²) in [5.41, 5.74) is 0.210. The molecule has 19 heavy (non-hydrogen) atoms. The van der Waals surface area contributed by atoms with Gasteiger partial charge in [0.1, 0.15) is 5.60 Å². The third kappa shape index (κ3) is 5.65. The zero-order chi connectivity index (χ0) is 14.6. The van der Waals surface area contributed by atoms with Gasteiger partial charge in [0.05, 0.1) is 10.6 Å². The number of hydrogen-bond acceptors (Lipinski definition) is 5. The van der Waals surface area contributed by atoms with Gasteiger partial charge in [-0.15, -0.1) is 0 Å². The average molecular weight is 282 g/mol. The zero-order valence-corrected chi connectivity index (χ0v) is 12.6. The van der Waals surface area contributed by atoms with Crippen LogP contribution in [-0.2, 0) is 9.53 Å². The highest BCUT2D eigenvalue weighted by Gasteiger charge is 2.17. The predicted molar refractivity (Wildman–Crippen MR) is 76.4 cm³/mol. The van der Waals surface area contributed by atoms with Gasteiger partial charge in [-0.1, -0.05) is 11.3 Å². The van der Waals surface area contributed by atoms with Crippen molar-refractivity contribution >= 4 is 34.4 Å². The van der Waals surface area contributed by atoms with Gasteiger partial charge in [0.25, 0.3) is 0 Å². The van der Waals surface area contributed by atoms with E-state index in [1.54, 1.807) is 26.8 Å². The molecule has 0 saturated carbocycles. The van der Waals surface area contributed by atoms with Gasteiger partial charge in [-0.25, -0.2) is 9.78 Å². The maximum atomic E-state index is 11.6. The summed E-state index contributed by atoms with van der Waals surface area (Å²) in [5.74, 6) is -0.0329. The molecule has 1 aromatic heterocycles. The Morgan fingerprint density at radius 2 is 2.00 bits per heavy atom. The van der Waals surface area contributed by atoms with E-state index in [9.17, 15) is 9.59 Å². The Balaban J connectivity index is 2.74. The van der Waals surface area contributed by atoms with Crippen LogP contribution in [0.5, 0.6) is 0 Å². The molecule has 0 aliphatic heterocycles. The third-order valence-electron chi connectivity index (χ3n) is 1.91. The third-order valence-corrected chi connectivity index (χ3v) is 2.95. The second-order valence-electron chi connectivity index (χ2n) is 5.04. The van der Waals surface area contributed by atoms with Crippen molar-refractivity contribution in [3.63, 3.8) is 0 Å². The van der Waals surface area contributed by atoms with Crippen molar-refractivity contribution in [2.75, 3.05) is 5.32 Å². The lowest BCUT2D eigenvalue weighted by Crippen LogP contribution is -2.27. The van der Waals surface area contributed by atoms with Gasteiger partial charge in [-0.05, 0) is 46.8 Å².